The lowest BCUT2D eigenvalue weighted by atomic mass is 10.1. The van der Waals surface area contributed by atoms with Crippen LogP contribution in [0.15, 0.2) is 30.6 Å². The van der Waals surface area contributed by atoms with Crippen molar-refractivity contribution in [3.8, 4) is 0 Å². The molecular formula is C16H23N5. The van der Waals surface area contributed by atoms with Gasteiger partial charge >= 0.3 is 0 Å². The van der Waals surface area contributed by atoms with Crippen LogP contribution in [-0.4, -0.2) is 26.8 Å². The van der Waals surface area contributed by atoms with Crippen LogP contribution in [0, 0.1) is 0 Å². The quantitative estimate of drug-likeness (QED) is 0.939. The molecule has 0 aliphatic carbocycles. The van der Waals surface area contributed by atoms with Gasteiger partial charge in [0.1, 0.15) is 12.2 Å². The number of aromatic nitrogens is 3. The molecule has 1 aliphatic heterocycles. The molecule has 0 spiro atoms. The second kappa shape index (κ2) is 5.48. The molecule has 5 heteroatoms. The average molecular weight is 285 g/mol. The molecule has 2 heterocycles. The fourth-order valence-electron chi connectivity index (χ4n) is 2.91. The Morgan fingerprint density at radius 2 is 2.10 bits per heavy atom. The fraction of sp³-hybridized carbons (Fsp3) is 0.500. The monoisotopic (exact) mass is 285 g/mol. The van der Waals surface area contributed by atoms with Gasteiger partial charge in [-0.25, -0.2) is 9.67 Å². The summed E-state index contributed by atoms with van der Waals surface area (Å²) in [6, 6.07) is 8.60. The molecule has 1 N–H and O–H groups in total. The Labute approximate surface area is 126 Å². The zero-order valence-electron chi connectivity index (χ0n) is 13.0. The second-order valence-corrected chi connectivity index (χ2v) is 6.21. The number of hydrogen-bond donors (Lipinski definition) is 1. The van der Waals surface area contributed by atoms with Gasteiger partial charge in [0, 0.05) is 30.9 Å². The molecular weight excluding hydrogens is 262 g/mol. The number of rotatable bonds is 3. The first kappa shape index (κ1) is 14.1. The van der Waals surface area contributed by atoms with E-state index < -0.39 is 0 Å². The first-order valence-corrected chi connectivity index (χ1v) is 7.53. The number of hydrogen-bond acceptors (Lipinski definition) is 4. The van der Waals surface area contributed by atoms with E-state index in [2.05, 4.69) is 65.3 Å². The summed E-state index contributed by atoms with van der Waals surface area (Å²) in [5, 5.41) is 7.91. The molecule has 0 bridgehead atoms. The van der Waals surface area contributed by atoms with Gasteiger partial charge in [-0.1, -0.05) is 18.2 Å². The maximum absolute atomic E-state index is 4.42. The molecule has 0 amide bonds. The minimum absolute atomic E-state index is 0.0656. The van der Waals surface area contributed by atoms with Crippen molar-refractivity contribution in [3.63, 3.8) is 0 Å². The molecule has 0 unspecified atom stereocenters. The molecule has 0 atom stereocenters. The summed E-state index contributed by atoms with van der Waals surface area (Å²) in [4.78, 5) is 6.83. The van der Waals surface area contributed by atoms with Crippen molar-refractivity contribution in [3.05, 3.63) is 42.0 Å². The highest BCUT2D eigenvalue weighted by Crippen LogP contribution is 2.27. The SMILES string of the molecule is CCn1ncnc1CN1CC(C)(C)NCc2ccccc21. The number of aryl methyl sites for hydroxylation is 1. The molecule has 1 aromatic carbocycles. The number of anilines is 1. The van der Waals surface area contributed by atoms with Crippen LogP contribution in [0.1, 0.15) is 32.2 Å². The van der Waals surface area contributed by atoms with Gasteiger partial charge in [0.05, 0.1) is 6.54 Å². The molecule has 21 heavy (non-hydrogen) atoms. The molecule has 2 aromatic rings. The van der Waals surface area contributed by atoms with Gasteiger partial charge in [0.25, 0.3) is 0 Å². The minimum Gasteiger partial charge on any atom is -0.362 e. The highest BCUT2D eigenvalue weighted by molar-refractivity contribution is 5.55. The average Bonchev–Trinajstić information content (AvgIpc) is 2.86. The van der Waals surface area contributed by atoms with E-state index >= 15 is 0 Å². The summed E-state index contributed by atoms with van der Waals surface area (Å²) >= 11 is 0. The van der Waals surface area contributed by atoms with E-state index in [-0.39, 0.29) is 5.54 Å². The van der Waals surface area contributed by atoms with Gasteiger partial charge in [0.2, 0.25) is 0 Å². The van der Waals surface area contributed by atoms with Crippen molar-refractivity contribution in [2.45, 2.75) is 45.9 Å². The second-order valence-electron chi connectivity index (χ2n) is 6.21. The molecule has 1 aliphatic rings. The van der Waals surface area contributed by atoms with Gasteiger partial charge in [-0.2, -0.15) is 5.10 Å². The molecule has 0 fully saturated rings. The van der Waals surface area contributed by atoms with Crippen molar-refractivity contribution >= 4 is 5.69 Å². The number of para-hydroxylation sites is 1. The predicted octanol–water partition coefficient (Wildman–Crippen LogP) is 2.19. The minimum atomic E-state index is 0.0656. The third-order valence-electron chi connectivity index (χ3n) is 4.00. The van der Waals surface area contributed by atoms with Crippen molar-refractivity contribution < 1.29 is 0 Å². The van der Waals surface area contributed by atoms with E-state index in [1.54, 1.807) is 6.33 Å². The summed E-state index contributed by atoms with van der Waals surface area (Å²) in [7, 11) is 0. The van der Waals surface area contributed by atoms with E-state index in [0.29, 0.717) is 0 Å². The van der Waals surface area contributed by atoms with Crippen molar-refractivity contribution in [1.82, 2.24) is 20.1 Å². The lowest BCUT2D eigenvalue weighted by molar-refractivity contribution is 0.393. The van der Waals surface area contributed by atoms with Crippen LogP contribution in [-0.2, 0) is 19.6 Å². The summed E-state index contributed by atoms with van der Waals surface area (Å²) in [5.74, 6) is 1.02. The Hall–Kier alpha value is -1.88. The number of fused-ring (bicyclic) bond motifs is 1. The van der Waals surface area contributed by atoms with Crippen LogP contribution >= 0.6 is 0 Å². The Morgan fingerprint density at radius 1 is 1.29 bits per heavy atom. The first-order valence-electron chi connectivity index (χ1n) is 7.53. The Morgan fingerprint density at radius 3 is 2.90 bits per heavy atom. The Bertz CT molecular complexity index is 617. The maximum atomic E-state index is 4.42. The molecule has 112 valence electrons. The van der Waals surface area contributed by atoms with Gasteiger partial charge < -0.3 is 10.2 Å². The largest absolute Gasteiger partial charge is 0.362 e. The molecule has 5 nitrogen and oxygen atoms in total. The van der Waals surface area contributed by atoms with Gasteiger partial charge in [-0.3, -0.25) is 0 Å². The highest BCUT2D eigenvalue weighted by Gasteiger charge is 2.27. The zero-order chi connectivity index (χ0) is 14.9. The molecule has 0 saturated carbocycles. The summed E-state index contributed by atoms with van der Waals surface area (Å²) < 4.78 is 1.97. The van der Waals surface area contributed by atoms with Crippen LogP contribution in [0.25, 0.3) is 0 Å². The number of nitrogens with one attached hydrogen (secondary N) is 1. The van der Waals surface area contributed by atoms with Crippen molar-refractivity contribution in [1.29, 1.82) is 0 Å². The third kappa shape index (κ3) is 2.93. The number of benzene rings is 1. The summed E-state index contributed by atoms with van der Waals surface area (Å²) in [5.41, 5.74) is 2.70. The van der Waals surface area contributed by atoms with E-state index in [4.69, 9.17) is 0 Å². The summed E-state index contributed by atoms with van der Waals surface area (Å²) in [6.45, 7) is 10.1. The summed E-state index contributed by atoms with van der Waals surface area (Å²) in [6.07, 6.45) is 1.64. The standard InChI is InChI=1S/C16H23N5/c1-4-21-15(17-12-19-21)10-20-11-16(2,3)18-9-13-7-5-6-8-14(13)20/h5-8,12,18H,4,9-11H2,1-3H3. The van der Waals surface area contributed by atoms with Gasteiger partial charge in [0.15, 0.2) is 0 Å². The lowest BCUT2D eigenvalue weighted by Crippen LogP contribution is -2.46. The van der Waals surface area contributed by atoms with E-state index in [0.717, 1.165) is 32.0 Å². The lowest BCUT2D eigenvalue weighted by Gasteiger charge is -2.31. The third-order valence-corrected chi connectivity index (χ3v) is 4.00. The molecule has 0 radical (unpaired) electrons. The van der Waals surface area contributed by atoms with Crippen molar-refractivity contribution in [2.24, 2.45) is 0 Å². The fourth-order valence-corrected chi connectivity index (χ4v) is 2.91. The maximum Gasteiger partial charge on any atom is 0.146 e. The molecule has 3 rings (SSSR count). The van der Waals surface area contributed by atoms with Crippen LogP contribution in [0.2, 0.25) is 0 Å². The van der Waals surface area contributed by atoms with E-state index in [1.807, 2.05) is 4.68 Å². The normalized spacial score (nSPS) is 17.4. The Balaban J connectivity index is 1.94. The van der Waals surface area contributed by atoms with Crippen LogP contribution in [0.3, 0.4) is 0 Å². The van der Waals surface area contributed by atoms with E-state index in [9.17, 15) is 0 Å². The van der Waals surface area contributed by atoms with Crippen molar-refractivity contribution in [2.75, 3.05) is 11.4 Å². The highest BCUT2D eigenvalue weighted by atomic mass is 15.3. The molecule has 1 aromatic heterocycles. The number of nitrogens with zero attached hydrogens (tertiary/aromatic N) is 4. The van der Waals surface area contributed by atoms with Gasteiger partial charge in [-0.05, 0) is 32.4 Å². The first-order chi connectivity index (χ1) is 10.1. The van der Waals surface area contributed by atoms with E-state index in [1.165, 1.54) is 11.3 Å². The topological polar surface area (TPSA) is 46.0 Å². The van der Waals surface area contributed by atoms with Crippen LogP contribution in [0.5, 0.6) is 0 Å². The van der Waals surface area contributed by atoms with Gasteiger partial charge in [-0.15, -0.1) is 0 Å². The van der Waals surface area contributed by atoms with Crippen LogP contribution in [0.4, 0.5) is 5.69 Å². The Kier molecular flexibility index (Phi) is 3.68. The smallest absolute Gasteiger partial charge is 0.146 e. The van der Waals surface area contributed by atoms with Crippen LogP contribution < -0.4 is 10.2 Å². The molecule has 0 saturated heterocycles. The predicted molar refractivity (Wildman–Crippen MR) is 84.1 cm³/mol. The zero-order valence-corrected chi connectivity index (χ0v) is 13.0.